The molecule has 1 amide bonds. The first-order chi connectivity index (χ1) is 21.2. The van der Waals surface area contributed by atoms with Gasteiger partial charge in [-0.3, -0.25) is 9.89 Å². The fourth-order valence-electron chi connectivity index (χ4n) is 5.98. The molecule has 0 saturated carbocycles. The van der Waals surface area contributed by atoms with E-state index in [2.05, 4.69) is 38.1 Å². The SMILES string of the molecule is CN1CCC(Nc2ccc(C(=O)Nc3n[nH]c4c3CN(S(=O)(=O)c3cc(F)cc(F)c3)CC4)c(NC3CCOCC3)c2)CC1. The zero-order valence-electron chi connectivity index (χ0n) is 24.5. The zero-order chi connectivity index (χ0) is 30.8. The molecule has 11 nitrogen and oxygen atoms in total. The van der Waals surface area contributed by atoms with Gasteiger partial charge in [-0.05, 0) is 76.2 Å². The number of hydrogen-bond acceptors (Lipinski definition) is 8. The van der Waals surface area contributed by atoms with Crippen molar-refractivity contribution in [2.75, 3.05) is 55.8 Å². The molecule has 4 N–H and O–H groups in total. The minimum absolute atomic E-state index is 0.0912. The first kappa shape index (κ1) is 30.4. The Hall–Kier alpha value is -3.59. The molecule has 0 atom stereocenters. The van der Waals surface area contributed by atoms with Crippen LogP contribution in [0.1, 0.15) is 47.3 Å². The fourth-order valence-corrected chi connectivity index (χ4v) is 7.43. The molecular weight excluding hydrogens is 592 g/mol. The van der Waals surface area contributed by atoms with Crippen molar-refractivity contribution in [2.24, 2.45) is 0 Å². The second kappa shape index (κ2) is 12.8. The van der Waals surface area contributed by atoms with E-state index in [1.165, 1.54) is 0 Å². The highest BCUT2D eigenvalue weighted by atomic mass is 32.2. The maximum Gasteiger partial charge on any atom is 0.258 e. The quantitative estimate of drug-likeness (QED) is 0.296. The Balaban J connectivity index is 1.22. The van der Waals surface area contributed by atoms with Crippen LogP contribution in [0.25, 0.3) is 0 Å². The van der Waals surface area contributed by atoms with Gasteiger partial charge >= 0.3 is 0 Å². The van der Waals surface area contributed by atoms with E-state index in [0.29, 0.717) is 54.3 Å². The molecule has 3 aliphatic heterocycles. The number of nitrogens with zero attached hydrogens (tertiary/aromatic N) is 3. The molecule has 6 rings (SSSR count). The van der Waals surface area contributed by atoms with Crippen LogP contribution in [-0.4, -0.2) is 85.7 Å². The summed E-state index contributed by atoms with van der Waals surface area (Å²) >= 11 is 0. The largest absolute Gasteiger partial charge is 0.382 e. The predicted molar refractivity (Wildman–Crippen MR) is 162 cm³/mol. The van der Waals surface area contributed by atoms with Gasteiger partial charge in [0.2, 0.25) is 10.0 Å². The smallest absolute Gasteiger partial charge is 0.258 e. The summed E-state index contributed by atoms with van der Waals surface area (Å²) in [6, 6.07) is 8.36. The van der Waals surface area contributed by atoms with Gasteiger partial charge in [0, 0.05) is 73.5 Å². The van der Waals surface area contributed by atoms with Crippen LogP contribution < -0.4 is 16.0 Å². The highest BCUT2D eigenvalue weighted by molar-refractivity contribution is 7.89. The highest BCUT2D eigenvalue weighted by Gasteiger charge is 2.32. The number of nitrogens with one attached hydrogen (secondary N) is 4. The number of halogens is 2. The van der Waals surface area contributed by atoms with Crippen molar-refractivity contribution in [3.63, 3.8) is 0 Å². The van der Waals surface area contributed by atoms with Crippen molar-refractivity contribution >= 4 is 33.1 Å². The molecule has 14 heteroatoms. The van der Waals surface area contributed by atoms with Gasteiger partial charge in [0.1, 0.15) is 11.6 Å². The number of sulfonamides is 1. The Morgan fingerprint density at radius 1 is 0.977 bits per heavy atom. The molecule has 1 aromatic heterocycles. The van der Waals surface area contributed by atoms with Gasteiger partial charge < -0.3 is 25.6 Å². The second-order valence-corrected chi connectivity index (χ2v) is 13.6. The van der Waals surface area contributed by atoms with Crippen LogP contribution >= 0.6 is 0 Å². The lowest BCUT2D eigenvalue weighted by Gasteiger charge is -2.30. The molecule has 4 heterocycles. The van der Waals surface area contributed by atoms with E-state index >= 15 is 0 Å². The molecule has 3 aliphatic rings. The molecule has 0 bridgehead atoms. The third-order valence-electron chi connectivity index (χ3n) is 8.54. The number of aromatic amines is 1. The number of anilines is 3. The third kappa shape index (κ3) is 6.72. The number of H-pyrrole nitrogens is 1. The molecule has 0 aliphatic carbocycles. The van der Waals surface area contributed by atoms with Gasteiger partial charge in [0.05, 0.1) is 10.5 Å². The van der Waals surface area contributed by atoms with E-state index in [1.807, 2.05) is 12.1 Å². The van der Waals surface area contributed by atoms with E-state index in [4.69, 9.17) is 4.74 Å². The Kier molecular flexibility index (Phi) is 8.85. The van der Waals surface area contributed by atoms with Crippen molar-refractivity contribution < 1.29 is 26.7 Å². The number of hydrogen-bond donors (Lipinski definition) is 4. The van der Waals surface area contributed by atoms with Gasteiger partial charge in [0.25, 0.3) is 5.91 Å². The lowest BCUT2D eigenvalue weighted by atomic mass is 10.0. The summed E-state index contributed by atoms with van der Waals surface area (Å²) in [6.07, 6.45) is 4.00. The standard InChI is InChI=1S/C30H37F2N7O4S/c1-38-9-4-21(5-10-38)33-23-2-3-25(28(17-23)34-22-7-12-43-13-8-22)30(40)35-29-26-18-39(11-6-27(26)36-37-29)44(41,42)24-15-19(31)14-20(32)16-24/h2-3,14-17,21-22,33-34H,4-13,18H2,1H3,(H2,35,36,37,40). The van der Waals surface area contributed by atoms with Crippen molar-refractivity contribution in [1.82, 2.24) is 19.4 Å². The summed E-state index contributed by atoms with van der Waals surface area (Å²) in [6.45, 7) is 3.32. The van der Waals surface area contributed by atoms with Crippen LogP contribution in [0.3, 0.4) is 0 Å². The average molecular weight is 630 g/mol. The van der Waals surface area contributed by atoms with Gasteiger partial charge in [0.15, 0.2) is 5.82 Å². The molecular formula is C30H37F2N7O4S. The number of aromatic nitrogens is 2. The zero-order valence-corrected chi connectivity index (χ0v) is 25.4. The lowest BCUT2D eigenvalue weighted by Crippen LogP contribution is -2.36. The van der Waals surface area contributed by atoms with E-state index in [-0.39, 0.29) is 24.9 Å². The second-order valence-electron chi connectivity index (χ2n) is 11.7. The van der Waals surface area contributed by atoms with Crippen molar-refractivity contribution in [2.45, 2.75) is 55.6 Å². The van der Waals surface area contributed by atoms with Crippen molar-refractivity contribution in [3.05, 3.63) is 64.9 Å². The van der Waals surface area contributed by atoms with Crippen LogP contribution in [0.15, 0.2) is 41.3 Å². The molecule has 3 aromatic rings. The molecule has 0 radical (unpaired) electrons. The number of likely N-dealkylation sites (tertiary alicyclic amines) is 1. The van der Waals surface area contributed by atoms with Crippen LogP contribution in [0, 0.1) is 11.6 Å². The molecule has 2 aromatic carbocycles. The lowest BCUT2D eigenvalue weighted by molar-refractivity contribution is 0.0904. The molecule has 2 saturated heterocycles. The number of piperidine rings is 1. The number of fused-ring (bicyclic) bond motifs is 1. The number of amides is 1. The highest BCUT2D eigenvalue weighted by Crippen LogP contribution is 2.31. The molecule has 2 fully saturated rings. The van der Waals surface area contributed by atoms with Crippen LogP contribution in [0.2, 0.25) is 0 Å². The Bertz CT molecular complexity index is 1600. The van der Waals surface area contributed by atoms with E-state index in [0.717, 1.165) is 60.9 Å². The van der Waals surface area contributed by atoms with Crippen LogP contribution in [0.5, 0.6) is 0 Å². The number of carbonyl (C=O) groups excluding carboxylic acids is 1. The fraction of sp³-hybridized carbons (Fsp3) is 0.467. The maximum atomic E-state index is 13.8. The summed E-state index contributed by atoms with van der Waals surface area (Å²) < 4.78 is 60.8. The van der Waals surface area contributed by atoms with Gasteiger partial charge in [-0.1, -0.05) is 0 Å². The minimum atomic E-state index is -4.20. The monoisotopic (exact) mass is 629 g/mol. The molecule has 44 heavy (non-hydrogen) atoms. The topological polar surface area (TPSA) is 132 Å². The summed E-state index contributed by atoms with van der Waals surface area (Å²) in [4.78, 5) is 15.5. The first-order valence-corrected chi connectivity index (χ1v) is 16.4. The summed E-state index contributed by atoms with van der Waals surface area (Å²) in [5.74, 6) is -2.14. The summed E-state index contributed by atoms with van der Waals surface area (Å²) in [5, 5.41) is 17.2. The number of carbonyl (C=O) groups is 1. The summed E-state index contributed by atoms with van der Waals surface area (Å²) in [7, 11) is -2.08. The van der Waals surface area contributed by atoms with E-state index in [9.17, 15) is 22.0 Å². The van der Waals surface area contributed by atoms with Crippen LogP contribution in [0.4, 0.5) is 26.0 Å². The third-order valence-corrected chi connectivity index (χ3v) is 10.4. The van der Waals surface area contributed by atoms with Gasteiger partial charge in [-0.2, -0.15) is 9.40 Å². The number of rotatable bonds is 8. The number of ether oxygens (including phenoxy) is 1. The van der Waals surface area contributed by atoms with Crippen molar-refractivity contribution in [3.8, 4) is 0 Å². The van der Waals surface area contributed by atoms with E-state index < -0.39 is 32.5 Å². The summed E-state index contributed by atoms with van der Waals surface area (Å²) in [5.41, 5.74) is 3.24. The Labute approximate surface area is 255 Å². The van der Waals surface area contributed by atoms with Gasteiger partial charge in [-0.15, -0.1) is 0 Å². The molecule has 0 spiro atoms. The Morgan fingerprint density at radius 2 is 1.68 bits per heavy atom. The molecule has 236 valence electrons. The number of benzene rings is 2. The van der Waals surface area contributed by atoms with Gasteiger partial charge in [-0.25, -0.2) is 17.2 Å². The normalized spacial score (nSPS) is 19.0. The average Bonchev–Trinajstić information content (AvgIpc) is 3.40. The Morgan fingerprint density at radius 3 is 2.41 bits per heavy atom. The minimum Gasteiger partial charge on any atom is -0.382 e. The predicted octanol–water partition coefficient (Wildman–Crippen LogP) is 3.78. The van der Waals surface area contributed by atoms with Crippen LogP contribution in [-0.2, 0) is 27.7 Å². The molecule has 0 unspecified atom stereocenters. The van der Waals surface area contributed by atoms with Crippen molar-refractivity contribution in [1.29, 1.82) is 0 Å². The van der Waals surface area contributed by atoms with E-state index in [1.54, 1.807) is 6.07 Å². The first-order valence-electron chi connectivity index (χ1n) is 14.9. The maximum absolute atomic E-state index is 13.8.